The fourth-order valence-corrected chi connectivity index (χ4v) is 1.34. The van der Waals surface area contributed by atoms with Gasteiger partial charge in [-0.3, -0.25) is 0 Å². The van der Waals surface area contributed by atoms with Crippen molar-refractivity contribution in [1.82, 2.24) is 0 Å². The highest BCUT2D eigenvalue weighted by Gasteiger charge is 2.13. The van der Waals surface area contributed by atoms with Crippen molar-refractivity contribution >= 4 is 22.6 Å². The molecule has 6 nitrogen and oxygen atoms in total. The van der Waals surface area contributed by atoms with Crippen molar-refractivity contribution in [2.24, 2.45) is 0 Å². The monoisotopic (exact) mass is 234 g/mol. The van der Waals surface area contributed by atoms with Crippen LogP contribution in [-0.4, -0.2) is 0 Å². The molecule has 0 N–H and O–H groups in total. The van der Waals surface area contributed by atoms with Crippen molar-refractivity contribution in [2.75, 3.05) is 0 Å². The van der Waals surface area contributed by atoms with Crippen molar-refractivity contribution in [2.45, 2.75) is 0 Å². The van der Waals surface area contributed by atoms with Gasteiger partial charge in [0.25, 0.3) is 0 Å². The van der Waals surface area contributed by atoms with Gasteiger partial charge in [-0.05, 0) is 0 Å². The largest absolute Gasteiger partial charge is 0.562 e. The van der Waals surface area contributed by atoms with Crippen LogP contribution in [0.4, 0.5) is 0 Å². The minimum Gasteiger partial charge on any atom is -0.456 e. The summed E-state index contributed by atoms with van der Waals surface area (Å²) in [5, 5.41) is 17.4. The fraction of sp³-hybridized carbons (Fsp3) is 0. The van der Waals surface area contributed by atoms with Gasteiger partial charge in [-0.1, -0.05) is 0 Å². The number of hydrogen-bond donors (Lipinski definition) is 0. The molecule has 2 heterocycles. The lowest BCUT2D eigenvalue weighted by atomic mass is 10.3. The second-order valence-electron chi connectivity index (χ2n) is 3.10. The molecule has 0 aromatic carbocycles. The summed E-state index contributed by atoms with van der Waals surface area (Å²) in [5.74, 6) is -0.201. The lowest BCUT2D eigenvalue weighted by Gasteiger charge is -1.76. The zero-order valence-electron chi connectivity index (χ0n) is 8.76. The summed E-state index contributed by atoms with van der Waals surface area (Å²) in [6.45, 7) is 13.6. The van der Waals surface area contributed by atoms with E-state index >= 15 is 0 Å². The molecule has 18 heavy (non-hydrogen) atoms. The Morgan fingerprint density at radius 1 is 1.00 bits per heavy atom. The number of nitrogens with zero attached hydrogens (tertiary/aromatic N) is 4. The average molecular weight is 234 g/mol. The number of hydrogen-bond acceptors (Lipinski definition) is 4. The van der Waals surface area contributed by atoms with E-state index in [0.717, 1.165) is 0 Å². The van der Waals surface area contributed by atoms with E-state index in [1.807, 2.05) is 0 Å². The Labute approximate surface area is 101 Å². The molecule has 2 aromatic rings. The molecule has 82 valence electrons. The molecule has 6 heteroatoms. The lowest BCUT2D eigenvalue weighted by molar-refractivity contribution is 0.575. The summed E-state index contributed by atoms with van der Waals surface area (Å²) in [5.41, 5.74) is 0.617. The van der Waals surface area contributed by atoms with E-state index in [2.05, 4.69) is 9.69 Å². The first-order chi connectivity index (χ1) is 8.73. The van der Waals surface area contributed by atoms with Crippen LogP contribution in [0.15, 0.2) is 21.0 Å². The molecule has 0 saturated heterocycles. The Hall–Kier alpha value is -3.48. The Morgan fingerprint density at radius 3 is 2.00 bits per heavy atom. The first-order valence-corrected chi connectivity index (χ1v) is 4.56. The minimum absolute atomic E-state index is 0.104. The fourth-order valence-electron chi connectivity index (χ4n) is 1.34. The maximum atomic E-state index is 8.68. The minimum atomic E-state index is -0.201. The molecule has 0 spiro atoms. The topological polar surface area (TPSA) is 82.6 Å². The first-order valence-electron chi connectivity index (χ1n) is 4.56. The average Bonchev–Trinajstić information content (AvgIpc) is 2.91. The smallest absolute Gasteiger partial charge is 0.456 e. The van der Waals surface area contributed by atoms with Gasteiger partial charge in [0.15, 0.2) is 22.2 Å². The third kappa shape index (κ3) is 1.57. The highest BCUT2D eigenvalue weighted by Crippen LogP contribution is 2.11. The zero-order chi connectivity index (χ0) is 13.1. The molecule has 0 aliphatic carbocycles. The molecule has 0 aliphatic rings. The summed E-state index contributed by atoms with van der Waals surface area (Å²) >= 11 is 0. The molecule has 0 radical (unpaired) electrons. The van der Waals surface area contributed by atoms with E-state index in [4.69, 9.17) is 32.5 Å². The summed E-state index contributed by atoms with van der Waals surface area (Å²) < 4.78 is 10.5. The molecular formula is C12H2N4O2. The van der Waals surface area contributed by atoms with Gasteiger partial charge in [0, 0.05) is 12.1 Å². The molecule has 0 amide bonds. The molecule has 0 unspecified atom stereocenters. The Balaban J connectivity index is 2.82. The Kier molecular flexibility index (Phi) is 2.56. The van der Waals surface area contributed by atoms with E-state index in [1.165, 1.54) is 12.1 Å². The van der Waals surface area contributed by atoms with Crippen molar-refractivity contribution < 1.29 is 8.83 Å². The predicted octanol–water partition coefficient (Wildman–Crippen LogP) is 1.13. The van der Waals surface area contributed by atoms with E-state index in [0.29, 0.717) is 0 Å². The molecular weight excluding hydrogens is 232 g/mol. The summed E-state index contributed by atoms with van der Waals surface area (Å²) in [7, 11) is 0. The van der Waals surface area contributed by atoms with E-state index in [1.54, 1.807) is 12.1 Å². The van der Waals surface area contributed by atoms with Gasteiger partial charge in [0.05, 0.1) is 0 Å². The van der Waals surface area contributed by atoms with E-state index in [-0.39, 0.29) is 33.4 Å². The van der Waals surface area contributed by atoms with Gasteiger partial charge in [0.2, 0.25) is 5.42 Å². The van der Waals surface area contributed by atoms with Crippen LogP contribution in [0.5, 0.6) is 0 Å². The van der Waals surface area contributed by atoms with Crippen molar-refractivity contribution in [3.8, 4) is 12.1 Å². The van der Waals surface area contributed by atoms with Gasteiger partial charge < -0.3 is 8.83 Å². The third-order valence-electron chi connectivity index (χ3n) is 2.11. The molecule has 0 aliphatic heterocycles. The number of rotatable bonds is 0. The molecule has 0 atom stereocenters. The van der Waals surface area contributed by atoms with Crippen LogP contribution >= 0.6 is 0 Å². The van der Waals surface area contributed by atoms with Crippen LogP contribution in [0, 0.1) is 35.8 Å². The van der Waals surface area contributed by atoms with Crippen LogP contribution in [0.3, 0.4) is 0 Å². The van der Waals surface area contributed by atoms with Gasteiger partial charge >= 0.3 is 5.82 Å². The number of nitriles is 2. The second-order valence-corrected chi connectivity index (χ2v) is 3.10. The van der Waals surface area contributed by atoms with E-state index < -0.39 is 0 Å². The number of fused-ring (bicyclic) bond motifs is 1. The van der Waals surface area contributed by atoms with Gasteiger partial charge in [-0.2, -0.15) is 20.2 Å². The molecule has 0 saturated carbocycles. The molecule has 2 aromatic heterocycles. The normalized spacial score (nSPS) is 8.89. The summed E-state index contributed by atoms with van der Waals surface area (Å²) in [6, 6.07) is 6.16. The Morgan fingerprint density at radius 2 is 1.50 bits per heavy atom. The second kappa shape index (κ2) is 4.18. The molecule has 2 rings (SSSR count). The third-order valence-corrected chi connectivity index (χ3v) is 2.11. The summed E-state index contributed by atoms with van der Waals surface area (Å²) in [6.07, 6.45) is 0. The summed E-state index contributed by atoms with van der Waals surface area (Å²) in [4.78, 5) is 6.02. The van der Waals surface area contributed by atoms with Crippen LogP contribution in [0.2, 0.25) is 0 Å². The van der Waals surface area contributed by atoms with Crippen molar-refractivity contribution in [3.63, 3.8) is 0 Å². The lowest BCUT2D eigenvalue weighted by Crippen LogP contribution is -2.00. The first kappa shape index (κ1) is 11.0. The van der Waals surface area contributed by atoms with Crippen LogP contribution in [-0.2, 0) is 0 Å². The molecule has 0 bridgehead atoms. The van der Waals surface area contributed by atoms with Gasteiger partial charge in [-0.25, -0.2) is 0 Å². The SMILES string of the molecule is [C-]#[N+]C([N+]#[C-])=c1cc2oc(=C(C#N)C#N)cc2o1. The van der Waals surface area contributed by atoms with Gasteiger partial charge in [0.1, 0.15) is 25.3 Å². The quantitative estimate of drug-likeness (QED) is 0.639. The van der Waals surface area contributed by atoms with Gasteiger partial charge in [-0.15, -0.1) is 0 Å². The van der Waals surface area contributed by atoms with Crippen molar-refractivity contribution in [3.05, 3.63) is 45.8 Å². The highest BCUT2D eigenvalue weighted by atomic mass is 16.4. The number of furan rings is 2. The maximum Gasteiger partial charge on any atom is 0.562 e. The standard InChI is InChI=1S/C12H2N4O2/c1-15-12(16-2)11-4-10-9(18-11)3-8(17-10)7(5-13)6-14/h3-4H. The Bertz CT molecular complexity index is 773. The van der Waals surface area contributed by atoms with E-state index in [9.17, 15) is 0 Å². The molecule has 0 fully saturated rings. The predicted molar refractivity (Wildman–Crippen MR) is 59.0 cm³/mol. The van der Waals surface area contributed by atoms with Crippen LogP contribution in [0.25, 0.3) is 32.3 Å². The van der Waals surface area contributed by atoms with Crippen molar-refractivity contribution in [1.29, 1.82) is 10.5 Å². The zero-order valence-corrected chi connectivity index (χ0v) is 8.76. The highest BCUT2D eigenvalue weighted by molar-refractivity contribution is 5.77. The van der Waals surface area contributed by atoms with Crippen LogP contribution < -0.4 is 10.8 Å². The maximum absolute atomic E-state index is 8.68. The van der Waals surface area contributed by atoms with Crippen LogP contribution in [0.1, 0.15) is 0 Å².